The van der Waals surface area contributed by atoms with Crippen LogP contribution in [0.1, 0.15) is 36.9 Å². The van der Waals surface area contributed by atoms with Gasteiger partial charge in [0.2, 0.25) is 5.91 Å². The van der Waals surface area contributed by atoms with Crippen molar-refractivity contribution >= 4 is 30.7 Å². The second-order valence-corrected chi connectivity index (χ2v) is 5.03. The van der Waals surface area contributed by atoms with Gasteiger partial charge in [0.1, 0.15) is 0 Å². The average Bonchev–Trinajstić information content (AvgIpc) is 2.54. The second-order valence-electron chi connectivity index (χ2n) is 5.03. The zero-order valence-electron chi connectivity index (χ0n) is 13.0. The highest BCUT2D eigenvalue weighted by molar-refractivity contribution is 5.85. The van der Waals surface area contributed by atoms with Crippen LogP contribution in [-0.4, -0.2) is 16.9 Å². The molecule has 0 saturated heterocycles. The van der Waals surface area contributed by atoms with Crippen LogP contribution in [-0.2, 0) is 4.79 Å². The van der Waals surface area contributed by atoms with E-state index in [-0.39, 0.29) is 36.8 Å². The maximum absolute atomic E-state index is 12.2. The van der Waals surface area contributed by atoms with E-state index >= 15 is 0 Å². The summed E-state index contributed by atoms with van der Waals surface area (Å²) in [6.07, 6.45) is 5.05. The molecule has 0 saturated carbocycles. The number of aromatic nitrogens is 1. The minimum atomic E-state index is -0.474. The summed E-state index contributed by atoms with van der Waals surface area (Å²) < 4.78 is 0. The van der Waals surface area contributed by atoms with Gasteiger partial charge in [-0.3, -0.25) is 9.78 Å². The van der Waals surface area contributed by atoms with Crippen LogP contribution in [0.5, 0.6) is 0 Å². The summed E-state index contributed by atoms with van der Waals surface area (Å²) in [6.45, 7) is 2.02. The van der Waals surface area contributed by atoms with Crippen LogP contribution < -0.4 is 11.1 Å². The van der Waals surface area contributed by atoms with Crippen molar-refractivity contribution in [2.24, 2.45) is 5.73 Å². The standard InChI is InChI=1S/C17H21N3O.2ClH/c1-2-7-15(18)17(21)20-16(13-8-4-3-5-9-13)14-10-6-11-19-12-14;;/h3-6,8-12,15-16H,2,7,18H2,1H3,(H,20,21);2*1H. The largest absolute Gasteiger partial charge is 0.344 e. The van der Waals surface area contributed by atoms with Crippen molar-refractivity contribution in [2.45, 2.75) is 31.8 Å². The number of hydrogen-bond donors (Lipinski definition) is 2. The first-order chi connectivity index (χ1) is 10.2. The van der Waals surface area contributed by atoms with Crippen LogP contribution >= 0.6 is 24.8 Å². The topological polar surface area (TPSA) is 68.0 Å². The molecular formula is C17H23Cl2N3O. The van der Waals surface area contributed by atoms with Crippen molar-refractivity contribution < 1.29 is 4.79 Å². The molecule has 0 radical (unpaired) electrons. The first kappa shape index (κ1) is 21.4. The predicted octanol–water partition coefficient (Wildman–Crippen LogP) is 3.26. The predicted molar refractivity (Wildman–Crippen MR) is 98.0 cm³/mol. The first-order valence-electron chi connectivity index (χ1n) is 7.23. The Labute approximate surface area is 149 Å². The fourth-order valence-electron chi connectivity index (χ4n) is 2.24. The molecule has 23 heavy (non-hydrogen) atoms. The molecule has 0 aliphatic rings. The summed E-state index contributed by atoms with van der Waals surface area (Å²) >= 11 is 0. The van der Waals surface area contributed by atoms with Gasteiger partial charge in [0.15, 0.2) is 0 Å². The molecule has 0 aliphatic heterocycles. The Bertz CT molecular complexity index is 527. The van der Waals surface area contributed by atoms with Gasteiger partial charge in [0, 0.05) is 12.4 Å². The van der Waals surface area contributed by atoms with E-state index in [1.807, 2.05) is 49.4 Å². The molecule has 2 aromatic rings. The van der Waals surface area contributed by atoms with Gasteiger partial charge >= 0.3 is 0 Å². The van der Waals surface area contributed by atoms with Crippen molar-refractivity contribution in [1.29, 1.82) is 0 Å². The molecule has 0 spiro atoms. The molecule has 4 nitrogen and oxygen atoms in total. The number of rotatable bonds is 6. The lowest BCUT2D eigenvalue weighted by Crippen LogP contribution is -2.42. The van der Waals surface area contributed by atoms with Gasteiger partial charge in [-0.2, -0.15) is 0 Å². The van der Waals surface area contributed by atoms with Gasteiger partial charge in [-0.05, 0) is 23.6 Å². The van der Waals surface area contributed by atoms with E-state index < -0.39 is 6.04 Å². The molecule has 0 fully saturated rings. The Morgan fingerprint density at radius 2 is 1.78 bits per heavy atom. The van der Waals surface area contributed by atoms with Gasteiger partial charge in [-0.1, -0.05) is 49.7 Å². The Balaban J connectivity index is 0.00000242. The van der Waals surface area contributed by atoms with Gasteiger partial charge in [0.05, 0.1) is 12.1 Å². The van der Waals surface area contributed by atoms with Crippen molar-refractivity contribution in [3.05, 3.63) is 66.0 Å². The number of hydrogen-bond acceptors (Lipinski definition) is 3. The molecule has 2 rings (SSSR count). The quantitative estimate of drug-likeness (QED) is 0.835. The monoisotopic (exact) mass is 355 g/mol. The SMILES string of the molecule is CCCC(N)C(=O)NC(c1ccccc1)c1cccnc1.Cl.Cl. The Hall–Kier alpha value is -1.62. The van der Waals surface area contributed by atoms with E-state index in [0.29, 0.717) is 6.42 Å². The maximum Gasteiger partial charge on any atom is 0.237 e. The van der Waals surface area contributed by atoms with Gasteiger partial charge in [-0.25, -0.2) is 0 Å². The van der Waals surface area contributed by atoms with Gasteiger partial charge in [0.25, 0.3) is 0 Å². The minimum absolute atomic E-state index is 0. The van der Waals surface area contributed by atoms with E-state index in [0.717, 1.165) is 17.5 Å². The molecule has 3 N–H and O–H groups in total. The summed E-state index contributed by atoms with van der Waals surface area (Å²) in [6, 6.07) is 13.0. The zero-order valence-corrected chi connectivity index (χ0v) is 14.6. The summed E-state index contributed by atoms with van der Waals surface area (Å²) in [5.41, 5.74) is 7.87. The molecule has 1 aromatic heterocycles. The highest BCUT2D eigenvalue weighted by atomic mass is 35.5. The number of benzene rings is 1. The Morgan fingerprint density at radius 3 is 2.35 bits per heavy atom. The molecule has 1 aromatic carbocycles. The van der Waals surface area contributed by atoms with Crippen LogP contribution in [0.2, 0.25) is 0 Å². The van der Waals surface area contributed by atoms with Crippen LogP contribution in [0.25, 0.3) is 0 Å². The summed E-state index contributed by atoms with van der Waals surface area (Å²) in [7, 11) is 0. The van der Waals surface area contributed by atoms with E-state index in [1.54, 1.807) is 12.4 Å². The summed E-state index contributed by atoms with van der Waals surface area (Å²) in [5.74, 6) is -0.130. The van der Waals surface area contributed by atoms with Crippen molar-refractivity contribution in [3.8, 4) is 0 Å². The summed E-state index contributed by atoms with van der Waals surface area (Å²) in [5, 5.41) is 3.03. The lowest BCUT2D eigenvalue weighted by Gasteiger charge is -2.21. The molecule has 6 heteroatoms. The normalized spacial score (nSPS) is 12.3. The number of pyridine rings is 1. The number of carbonyl (C=O) groups is 1. The summed E-state index contributed by atoms with van der Waals surface area (Å²) in [4.78, 5) is 16.4. The maximum atomic E-state index is 12.2. The smallest absolute Gasteiger partial charge is 0.237 e. The zero-order chi connectivity index (χ0) is 15.1. The number of nitrogens with one attached hydrogen (secondary N) is 1. The van der Waals surface area contributed by atoms with Crippen LogP contribution in [0.15, 0.2) is 54.9 Å². The molecule has 2 atom stereocenters. The number of carbonyl (C=O) groups excluding carboxylic acids is 1. The Morgan fingerprint density at radius 1 is 1.13 bits per heavy atom. The van der Waals surface area contributed by atoms with Gasteiger partial charge in [-0.15, -0.1) is 24.8 Å². The van der Waals surface area contributed by atoms with Crippen molar-refractivity contribution in [3.63, 3.8) is 0 Å². The third kappa shape index (κ3) is 6.18. The molecule has 126 valence electrons. The highest BCUT2D eigenvalue weighted by Gasteiger charge is 2.20. The lowest BCUT2D eigenvalue weighted by atomic mass is 9.99. The van der Waals surface area contributed by atoms with E-state index in [9.17, 15) is 4.79 Å². The van der Waals surface area contributed by atoms with Crippen LogP contribution in [0, 0.1) is 0 Å². The van der Waals surface area contributed by atoms with Crippen molar-refractivity contribution in [2.75, 3.05) is 0 Å². The number of halogens is 2. The molecule has 2 unspecified atom stereocenters. The molecule has 0 aliphatic carbocycles. The third-order valence-corrected chi connectivity index (χ3v) is 3.37. The number of amides is 1. The number of nitrogens with two attached hydrogens (primary N) is 1. The van der Waals surface area contributed by atoms with Crippen LogP contribution in [0.3, 0.4) is 0 Å². The van der Waals surface area contributed by atoms with Crippen molar-refractivity contribution in [1.82, 2.24) is 10.3 Å². The van der Waals surface area contributed by atoms with E-state index in [1.165, 1.54) is 0 Å². The second kappa shape index (κ2) is 11.0. The van der Waals surface area contributed by atoms with Crippen LogP contribution in [0.4, 0.5) is 0 Å². The number of nitrogens with zero attached hydrogens (tertiary/aromatic N) is 1. The highest BCUT2D eigenvalue weighted by Crippen LogP contribution is 2.21. The Kier molecular flexibility index (Phi) is 10.2. The molecule has 1 amide bonds. The third-order valence-electron chi connectivity index (χ3n) is 3.37. The van der Waals surface area contributed by atoms with E-state index in [2.05, 4.69) is 10.3 Å². The lowest BCUT2D eigenvalue weighted by molar-refractivity contribution is -0.123. The first-order valence-corrected chi connectivity index (χ1v) is 7.23. The average molecular weight is 356 g/mol. The fraction of sp³-hybridized carbons (Fsp3) is 0.294. The van der Waals surface area contributed by atoms with Gasteiger partial charge < -0.3 is 11.1 Å². The molecule has 1 heterocycles. The minimum Gasteiger partial charge on any atom is -0.344 e. The molecule has 0 bridgehead atoms. The fourth-order valence-corrected chi connectivity index (χ4v) is 2.24. The van der Waals surface area contributed by atoms with E-state index in [4.69, 9.17) is 5.73 Å². The molecular weight excluding hydrogens is 333 g/mol.